The molecule has 1 unspecified atom stereocenters. The number of hydrogen-bond donors (Lipinski definition) is 0. The summed E-state index contributed by atoms with van der Waals surface area (Å²) in [6, 6.07) is 3.35. The second kappa shape index (κ2) is 4.22. The Labute approximate surface area is 132 Å². The Kier molecular flexibility index (Phi) is 2.72. The van der Waals surface area contributed by atoms with Gasteiger partial charge in [0.1, 0.15) is 11.4 Å². The number of aromatic nitrogens is 1. The van der Waals surface area contributed by atoms with E-state index in [0.717, 1.165) is 24.8 Å². The van der Waals surface area contributed by atoms with E-state index in [1.165, 1.54) is 25.7 Å². The third kappa shape index (κ3) is 1.61. The quantitative estimate of drug-likeness (QED) is 0.673. The average Bonchev–Trinajstić information content (AvgIpc) is 3.13. The Morgan fingerprint density at radius 1 is 1.10 bits per heavy atom. The van der Waals surface area contributed by atoms with Gasteiger partial charge in [-0.1, -0.05) is 18.9 Å². The number of hydrogen-bond acceptors (Lipinski definition) is 2. The number of carbonyl (C=O) groups is 1. The lowest BCUT2D eigenvalue weighted by Gasteiger charge is -2.34. The van der Waals surface area contributed by atoms with Crippen molar-refractivity contribution in [1.29, 1.82) is 0 Å². The van der Waals surface area contributed by atoms with Gasteiger partial charge >= 0.3 is 0 Å². The van der Waals surface area contributed by atoms with Crippen LogP contribution in [0.15, 0.2) is 16.9 Å². The van der Waals surface area contributed by atoms with Gasteiger partial charge in [0, 0.05) is 6.07 Å². The molecule has 1 atom stereocenters. The fourth-order valence-electron chi connectivity index (χ4n) is 4.84. The highest BCUT2D eigenvalue weighted by Gasteiger charge is 2.58. The van der Waals surface area contributed by atoms with Crippen LogP contribution >= 0.6 is 16.1 Å². The van der Waals surface area contributed by atoms with Crippen LogP contribution in [0.25, 0.3) is 0 Å². The minimum Gasteiger partial charge on any atom is -0.278 e. The largest absolute Gasteiger partial charge is 0.282 e. The van der Waals surface area contributed by atoms with Crippen molar-refractivity contribution in [1.82, 2.24) is 8.49 Å². The average molecular weight is 351 g/mol. The Morgan fingerprint density at radius 2 is 1.81 bits per heavy atom. The van der Waals surface area contributed by atoms with Crippen molar-refractivity contribution < 1.29 is 4.79 Å². The summed E-state index contributed by atoms with van der Waals surface area (Å²) in [5, 5.41) is 0. The first kappa shape index (κ1) is 13.6. The van der Waals surface area contributed by atoms with Crippen molar-refractivity contribution in [3.8, 4) is 0 Å². The second-order valence-corrected chi connectivity index (χ2v) is 7.70. The van der Waals surface area contributed by atoms with Gasteiger partial charge in [0.25, 0.3) is 11.5 Å². The highest BCUT2D eigenvalue weighted by atomic mass is 79.9. The van der Waals surface area contributed by atoms with Gasteiger partial charge in [0.05, 0.1) is 16.1 Å². The van der Waals surface area contributed by atoms with Gasteiger partial charge in [-0.3, -0.25) is 14.2 Å². The summed E-state index contributed by atoms with van der Waals surface area (Å²) in [5.74, 6) is -0.0692. The smallest absolute Gasteiger partial charge is 0.278 e. The zero-order valence-corrected chi connectivity index (χ0v) is 13.8. The summed E-state index contributed by atoms with van der Waals surface area (Å²) in [5.41, 5.74) is 1.24. The van der Waals surface area contributed by atoms with Crippen molar-refractivity contribution in [2.45, 2.75) is 57.5 Å². The van der Waals surface area contributed by atoms with Gasteiger partial charge in [-0.05, 0) is 50.0 Å². The van der Waals surface area contributed by atoms with Crippen molar-refractivity contribution >= 4 is 22.1 Å². The highest BCUT2D eigenvalue weighted by Crippen LogP contribution is 2.59. The second-order valence-electron chi connectivity index (χ2n) is 6.99. The Bertz CT molecular complexity index is 690. The van der Waals surface area contributed by atoms with E-state index in [-0.39, 0.29) is 11.5 Å². The standard InChI is InChI=1S/C16H19BrN2O2/c1-11-4-5-12(20)18-13(11)14(21)19(17)16(18)9-8-15(10-16)6-2-3-7-15/h4-5H,2-3,6-10H2,1H3. The number of pyridine rings is 1. The molecule has 0 bridgehead atoms. The van der Waals surface area contributed by atoms with E-state index in [1.54, 1.807) is 20.6 Å². The molecule has 5 heteroatoms. The molecular formula is C16H19BrN2O2. The van der Waals surface area contributed by atoms with Crippen LogP contribution in [0.2, 0.25) is 0 Å². The maximum atomic E-state index is 12.7. The maximum Gasteiger partial charge on any atom is 0.282 e. The van der Waals surface area contributed by atoms with E-state index < -0.39 is 5.66 Å². The zero-order chi connectivity index (χ0) is 14.8. The third-order valence-electron chi connectivity index (χ3n) is 5.83. The summed E-state index contributed by atoms with van der Waals surface area (Å²) in [6.07, 6.45) is 7.93. The van der Waals surface area contributed by atoms with E-state index in [1.807, 2.05) is 6.92 Å². The number of rotatable bonds is 0. The van der Waals surface area contributed by atoms with Crippen LogP contribution in [0.4, 0.5) is 0 Å². The molecule has 1 aromatic heterocycles. The van der Waals surface area contributed by atoms with Crippen LogP contribution in [0.1, 0.15) is 61.0 Å². The van der Waals surface area contributed by atoms with Crippen LogP contribution in [-0.2, 0) is 5.66 Å². The molecule has 1 aliphatic heterocycles. The highest BCUT2D eigenvalue weighted by molar-refractivity contribution is 9.07. The summed E-state index contributed by atoms with van der Waals surface area (Å²) in [6.45, 7) is 1.91. The fraction of sp³-hybridized carbons (Fsp3) is 0.625. The predicted octanol–water partition coefficient (Wildman–Crippen LogP) is 3.32. The molecule has 2 heterocycles. The van der Waals surface area contributed by atoms with Crippen LogP contribution in [0.3, 0.4) is 0 Å². The number of amides is 1. The van der Waals surface area contributed by atoms with Gasteiger partial charge in [0.15, 0.2) is 0 Å². The molecular weight excluding hydrogens is 332 g/mol. The molecule has 3 aliphatic rings. The van der Waals surface area contributed by atoms with Crippen LogP contribution in [0, 0.1) is 12.3 Å². The molecule has 1 aromatic rings. The van der Waals surface area contributed by atoms with Gasteiger partial charge < -0.3 is 0 Å². The van der Waals surface area contributed by atoms with E-state index in [9.17, 15) is 9.59 Å². The normalized spacial score (nSPS) is 29.8. The topological polar surface area (TPSA) is 42.3 Å². The summed E-state index contributed by atoms with van der Waals surface area (Å²) < 4.78 is 3.43. The number of nitrogens with zero attached hydrogens (tertiary/aromatic N) is 2. The van der Waals surface area contributed by atoms with E-state index >= 15 is 0 Å². The monoisotopic (exact) mass is 350 g/mol. The molecule has 2 aliphatic carbocycles. The minimum atomic E-state index is -0.486. The number of carbonyl (C=O) groups excluding carboxylic acids is 1. The van der Waals surface area contributed by atoms with Crippen molar-refractivity contribution in [2.24, 2.45) is 5.41 Å². The van der Waals surface area contributed by atoms with Crippen molar-refractivity contribution in [3.05, 3.63) is 33.7 Å². The molecule has 2 fully saturated rings. The summed E-state index contributed by atoms with van der Waals surface area (Å²) >= 11 is 3.49. The molecule has 112 valence electrons. The van der Waals surface area contributed by atoms with Gasteiger partial charge in [-0.15, -0.1) is 0 Å². The van der Waals surface area contributed by atoms with E-state index in [4.69, 9.17) is 0 Å². The van der Waals surface area contributed by atoms with Crippen molar-refractivity contribution in [2.75, 3.05) is 0 Å². The van der Waals surface area contributed by atoms with Crippen LogP contribution in [0.5, 0.6) is 0 Å². The van der Waals surface area contributed by atoms with Crippen LogP contribution < -0.4 is 5.56 Å². The Morgan fingerprint density at radius 3 is 2.52 bits per heavy atom. The minimum absolute atomic E-state index is 0.0547. The zero-order valence-electron chi connectivity index (χ0n) is 12.2. The summed E-state index contributed by atoms with van der Waals surface area (Å²) in [7, 11) is 0. The maximum absolute atomic E-state index is 12.7. The Hall–Kier alpha value is -1.10. The van der Waals surface area contributed by atoms with E-state index in [0.29, 0.717) is 11.1 Å². The molecule has 4 nitrogen and oxygen atoms in total. The predicted molar refractivity (Wildman–Crippen MR) is 83.3 cm³/mol. The molecule has 2 spiro atoms. The van der Waals surface area contributed by atoms with Crippen LogP contribution in [-0.4, -0.2) is 14.4 Å². The lowest BCUT2D eigenvalue weighted by Crippen LogP contribution is -2.44. The molecule has 21 heavy (non-hydrogen) atoms. The first-order valence-corrected chi connectivity index (χ1v) is 8.44. The van der Waals surface area contributed by atoms with Gasteiger partial charge in [0.2, 0.25) is 0 Å². The molecule has 2 saturated carbocycles. The summed E-state index contributed by atoms with van der Waals surface area (Å²) in [4.78, 5) is 25.1. The first-order chi connectivity index (χ1) is 9.99. The van der Waals surface area contributed by atoms with Gasteiger partial charge in [-0.25, -0.2) is 3.93 Å². The number of halogens is 1. The molecule has 0 saturated heterocycles. The molecule has 0 radical (unpaired) electrons. The number of fused-ring (bicyclic) bond motifs is 2. The number of aryl methyl sites for hydroxylation is 1. The molecule has 0 aromatic carbocycles. The Balaban J connectivity index is 1.91. The third-order valence-corrected chi connectivity index (χ3v) is 6.82. The SMILES string of the molecule is Cc1ccc(=O)n2c1C(=O)N(Br)C21CCC2(CCCC2)C1. The lowest BCUT2D eigenvalue weighted by molar-refractivity contribution is 0.0722. The lowest BCUT2D eigenvalue weighted by atomic mass is 9.83. The van der Waals surface area contributed by atoms with E-state index in [2.05, 4.69) is 16.1 Å². The van der Waals surface area contributed by atoms with Crippen molar-refractivity contribution in [3.63, 3.8) is 0 Å². The molecule has 4 rings (SSSR count). The van der Waals surface area contributed by atoms with Gasteiger partial charge in [-0.2, -0.15) is 0 Å². The molecule has 0 N–H and O–H groups in total. The first-order valence-electron chi connectivity index (χ1n) is 7.73. The fourth-order valence-corrected chi connectivity index (χ4v) is 5.47. The molecule has 1 amide bonds.